The molecule has 1 aromatic heterocycles. The first-order valence-electron chi connectivity index (χ1n) is 12.8. The molecule has 1 fully saturated rings. The van der Waals surface area contributed by atoms with Gasteiger partial charge in [-0.05, 0) is 62.1 Å². The van der Waals surface area contributed by atoms with Gasteiger partial charge in [-0.15, -0.1) is 0 Å². The maximum absolute atomic E-state index is 15.0. The van der Waals surface area contributed by atoms with Crippen molar-refractivity contribution in [2.24, 2.45) is 5.11 Å². The fraction of sp³-hybridized carbons (Fsp3) is 0.321. The molecule has 0 aliphatic carbocycles. The van der Waals surface area contributed by atoms with Gasteiger partial charge in [-0.1, -0.05) is 12.1 Å². The predicted octanol–water partition coefficient (Wildman–Crippen LogP) is 5.38. The third-order valence-corrected chi connectivity index (χ3v) is 7.01. The number of carboxylic acid groups (broad SMARTS) is 1. The predicted molar refractivity (Wildman–Crippen MR) is 140 cm³/mol. The molecule has 1 unspecified atom stereocenters. The molecule has 4 rings (SSSR count). The average molecular weight is 588 g/mol. The number of anilines is 1. The van der Waals surface area contributed by atoms with Crippen molar-refractivity contribution in [2.75, 3.05) is 11.9 Å². The first-order valence-corrected chi connectivity index (χ1v) is 12.8. The second-order valence-corrected chi connectivity index (χ2v) is 10.1. The van der Waals surface area contributed by atoms with E-state index in [9.17, 15) is 32.3 Å². The van der Waals surface area contributed by atoms with Crippen LogP contribution in [-0.2, 0) is 16.0 Å². The fourth-order valence-electron chi connectivity index (χ4n) is 5.14. The van der Waals surface area contributed by atoms with Gasteiger partial charge < -0.3 is 15.2 Å². The number of nitrogens with zero attached hydrogens (tertiary/aromatic N) is 4. The minimum absolute atomic E-state index is 0.0149. The maximum atomic E-state index is 15.0. The summed E-state index contributed by atoms with van der Waals surface area (Å²) in [7, 11) is 0. The summed E-state index contributed by atoms with van der Waals surface area (Å²) in [5.41, 5.74) is 6.38. The number of carbonyl (C=O) groups excluding carboxylic acids is 1. The van der Waals surface area contributed by atoms with E-state index in [1.165, 1.54) is 18.3 Å². The van der Waals surface area contributed by atoms with Crippen LogP contribution >= 0.6 is 0 Å². The molecule has 0 saturated carbocycles. The maximum Gasteiger partial charge on any atom is 0.409 e. The SMILES string of the molecule is CC1(C)OCC(CCc2c(F)cncc2NC(=O)[C@@H](N=[N+]=N)[C@@H](c2ccc(F)cc2)c2cc(F)cc(F)c2)N1C(=O)O. The Morgan fingerprint density at radius 1 is 1.12 bits per heavy atom. The van der Waals surface area contributed by atoms with Gasteiger partial charge in [0.15, 0.2) is 0 Å². The standard InChI is InChI=1S/C28H26F4N6O4/c1-28(2)38(27(40)41)20(14-42-28)7-8-21-22(32)12-34-13-23(21)35-26(39)25(36-37-33)24(15-3-5-17(29)6-4-15)16-9-18(30)11-19(31)10-16/h3-6,9-13,20,24-25,33H,7-8,14H2,1-2H3,(H-,35,39,40,41)/p+1/t20?,24-,25-/m0/s1. The highest BCUT2D eigenvalue weighted by molar-refractivity contribution is 5.96. The van der Waals surface area contributed by atoms with Crippen LogP contribution in [-0.4, -0.2) is 51.4 Å². The average Bonchev–Trinajstić information content (AvgIpc) is 3.22. The summed E-state index contributed by atoms with van der Waals surface area (Å²) in [6.45, 7) is 3.29. The van der Waals surface area contributed by atoms with Crippen molar-refractivity contribution in [1.82, 2.24) is 14.8 Å². The van der Waals surface area contributed by atoms with Crippen LogP contribution in [0.15, 0.2) is 60.0 Å². The highest BCUT2D eigenvalue weighted by Crippen LogP contribution is 2.34. The Morgan fingerprint density at radius 2 is 1.79 bits per heavy atom. The van der Waals surface area contributed by atoms with Crippen LogP contribution < -0.4 is 10.2 Å². The van der Waals surface area contributed by atoms with E-state index in [2.05, 4.69) is 20.3 Å². The number of halogens is 4. The number of amides is 2. The van der Waals surface area contributed by atoms with Crippen molar-refractivity contribution < 1.29 is 37.0 Å². The lowest BCUT2D eigenvalue weighted by atomic mass is 9.84. The molecule has 3 atom stereocenters. The summed E-state index contributed by atoms with van der Waals surface area (Å²) in [4.78, 5) is 33.3. The zero-order valence-electron chi connectivity index (χ0n) is 22.5. The summed E-state index contributed by atoms with van der Waals surface area (Å²) in [5.74, 6) is -5.39. The number of pyridine rings is 1. The van der Waals surface area contributed by atoms with Gasteiger partial charge in [0.1, 0.15) is 39.6 Å². The van der Waals surface area contributed by atoms with E-state index in [0.717, 1.165) is 35.4 Å². The number of carbonyl (C=O) groups is 2. The highest BCUT2D eigenvalue weighted by Gasteiger charge is 2.44. The largest absolute Gasteiger partial charge is 0.465 e. The van der Waals surface area contributed by atoms with E-state index in [1.54, 1.807) is 13.8 Å². The summed E-state index contributed by atoms with van der Waals surface area (Å²) in [6, 6.07) is 5.19. The first kappa shape index (κ1) is 30.3. The topological polar surface area (TPSA) is 142 Å². The van der Waals surface area contributed by atoms with Gasteiger partial charge >= 0.3 is 6.09 Å². The molecule has 220 valence electrons. The van der Waals surface area contributed by atoms with Crippen molar-refractivity contribution in [3.05, 3.63) is 94.8 Å². The number of hydrogen-bond acceptors (Lipinski definition) is 6. The molecule has 3 N–H and O–H groups in total. The second-order valence-electron chi connectivity index (χ2n) is 10.1. The van der Waals surface area contributed by atoms with Crippen LogP contribution in [0.2, 0.25) is 0 Å². The lowest BCUT2D eigenvalue weighted by molar-refractivity contribution is -0.117. The Hall–Kier alpha value is -4.68. The molecule has 1 saturated heterocycles. The van der Waals surface area contributed by atoms with Gasteiger partial charge in [-0.3, -0.25) is 14.7 Å². The Bertz CT molecular complexity index is 1510. The minimum Gasteiger partial charge on any atom is -0.465 e. The number of ether oxygens (including phenoxy) is 1. The van der Waals surface area contributed by atoms with E-state index < -0.39 is 59.0 Å². The van der Waals surface area contributed by atoms with Gasteiger partial charge in [0.2, 0.25) is 11.0 Å². The molecule has 2 aromatic carbocycles. The van der Waals surface area contributed by atoms with E-state index in [-0.39, 0.29) is 41.8 Å². The van der Waals surface area contributed by atoms with Crippen LogP contribution in [0, 0.1) is 28.8 Å². The Labute approximate surface area is 237 Å². The van der Waals surface area contributed by atoms with Crippen LogP contribution in [0.3, 0.4) is 0 Å². The summed E-state index contributed by atoms with van der Waals surface area (Å²) < 4.78 is 62.7. The summed E-state index contributed by atoms with van der Waals surface area (Å²) >= 11 is 0. The molecule has 3 aromatic rings. The van der Waals surface area contributed by atoms with Crippen LogP contribution in [0.25, 0.3) is 0 Å². The van der Waals surface area contributed by atoms with Crippen molar-refractivity contribution >= 4 is 17.7 Å². The lowest BCUT2D eigenvalue weighted by Crippen LogP contribution is -2.47. The number of rotatable bonds is 9. The number of hydrogen-bond donors (Lipinski definition) is 3. The molecule has 2 heterocycles. The van der Waals surface area contributed by atoms with Gasteiger partial charge in [-0.2, -0.15) is 0 Å². The molecule has 10 nitrogen and oxygen atoms in total. The second kappa shape index (κ2) is 12.5. The van der Waals surface area contributed by atoms with Crippen molar-refractivity contribution in [2.45, 2.75) is 50.4 Å². The van der Waals surface area contributed by atoms with Gasteiger partial charge in [0.05, 0.1) is 30.7 Å². The molecule has 0 bridgehead atoms. The van der Waals surface area contributed by atoms with E-state index in [1.807, 2.05) is 0 Å². The fourth-order valence-corrected chi connectivity index (χ4v) is 5.14. The molecule has 1 aliphatic heterocycles. The van der Waals surface area contributed by atoms with Crippen molar-refractivity contribution in [1.29, 1.82) is 5.53 Å². The molecule has 2 amide bonds. The molecule has 14 heteroatoms. The summed E-state index contributed by atoms with van der Waals surface area (Å²) in [5, 5.41) is 15.9. The zero-order chi connectivity index (χ0) is 30.6. The van der Waals surface area contributed by atoms with Crippen LogP contribution in [0.1, 0.15) is 42.9 Å². The lowest BCUT2D eigenvalue weighted by Gasteiger charge is -2.31. The van der Waals surface area contributed by atoms with Gasteiger partial charge in [0.25, 0.3) is 5.91 Å². The zero-order valence-corrected chi connectivity index (χ0v) is 22.5. The minimum atomic E-state index is -1.60. The Morgan fingerprint density at radius 3 is 2.40 bits per heavy atom. The van der Waals surface area contributed by atoms with Gasteiger partial charge in [-0.25, -0.2) is 22.4 Å². The van der Waals surface area contributed by atoms with E-state index in [4.69, 9.17) is 10.3 Å². The first-order chi connectivity index (χ1) is 19.9. The molecule has 1 aliphatic rings. The smallest absolute Gasteiger partial charge is 0.409 e. The van der Waals surface area contributed by atoms with Crippen molar-refractivity contribution in [3.63, 3.8) is 0 Å². The summed E-state index contributed by atoms with van der Waals surface area (Å²) in [6.07, 6.45) is 1.06. The van der Waals surface area contributed by atoms with E-state index in [0.29, 0.717) is 6.07 Å². The molecule has 42 heavy (non-hydrogen) atoms. The number of benzene rings is 2. The molecular weight excluding hydrogens is 560 g/mol. The van der Waals surface area contributed by atoms with Gasteiger partial charge in [0, 0.05) is 17.5 Å². The Balaban J connectivity index is 1.66. The van der Waals surface area contributed by atoms with Crippen LogP contribution in [0.4, 0.5) is 28.0 Å². The Kier molecular flexibility index (Phi) is 8.98. The third-order valence-electron chi connectivity index (χ3n) is 7.01. The number of aromatic nitrogens is 1. The highest BCUT2D eigenvalue weighted by atomic mass is 19.1. The molecule has 0 spiro atoms. The molecule has 0 radical (unpaired) electrons. The number of nitrogens with one attached hydrogen (secondary N) is 2. The van der Waals surface area contributed by atoms with Crippen LogP contribution in [0.5, 0.6) is 0 Å². The third kappa shape index (κ3) is 6.61. The monoisotopic (exact) mass is 587 g/mol. The van der Waals surface area contributed by atoms with E-state index >= 15 is 0 Å². The quantitative estimate of drug-likeness (QED) is 0.175. The normalized spacial score (nSPS) is 17.3. The molecular formula is C28H27F4N6O4+. The van der Waals surface area contributed by atoms with Crippen molar-refractivity contribution in [3.8, 4) is 0 Å².